The first-order valence-electron chi connectivity index (χ1n) is 10.6. The van der Waals surface area contributed by atoms with Gasteiger partial charge in [0.15, 0.2) is 6.61 Å². The summed E-state index contributed by atoms with van der Waals surface area (Å²) in [5.41, 5.74) is 4.23. The van der Waals surface area contributed by atoms with E-state index in [2.05, 4.69) is 10.6 Å². The number of nitrogens with zero attached hydrogens (tertiary/aromatic N) is 1. The molecule has 0 spiro atoms. The Bertz CT molecular complexity index is 1360. The van der Waals surface area contributed by atoms with Crippen LogP contribution in [0.4, 0.5) is 11.4 Å². The molecule has 0 atom stereocenters. The summed E-state index contributed by atoms with van der Waals surface area (Å²) >= 11 is 12.2. The minimum absolute atomic E-state index is 0.143. The molecular weight excluding hydrogens is 485 g/mol. The van der Waals surface area contributed by atoms with Crippen molar-refractivity contribution >= 4 is 52.5 Å². The Kier molecular flexibility index (Phi) is 8.53. The lowest BCUT2D eigenvalue weighted by atomic mass is 10.1. The molecule has 3 aromatic carbocycles. The first kappa shape index (κ1) is 25.8. The van der Waals surface area contributed by atoms with Crippen molar-refractivity contribution in [1.82, 2.24) is 0 Å². The van der Waals surface area contributed by atoms with E-state index in [0.29, 0.717) is 32.7 Å². The van der Waals surface area contributed by atoms with Crippen LogP contribution in [-0.2, 0) is 9.59 Å². The number of amides is 2. The highest BCUT2D eigenvalue weighted by Gasteiger charge is 2.14. The molecule has 0 heterocycles. The molecule has 0 aliphatic carbocycles. The van der Waals surface area contributed by atoms with Gasteiger partial charge in [-0.3, -0.25) is 9.59 Å². The van der Waals surface area contributed by atoms with Gasteiger partial charge in [-0.25, -0.2) is 0 Å². The highest BCUT2D eigenvalue weighted by Crippen LogP contribution is 2.26. The van der Waals surface area contributed by atoms with Crippen LogP contribution in [0.1, 0.15) is 22.3 Å². The molecule has 0 saturated heterocycles. The highest BCUT2D eigenvalue weighted by atomic mass is 35.5. The number of hydrogen-bond donors (Lipinski definition) is 2. The van der Waals surface area contributed by atoms with Crippen LogP contribution in [0.25, 0.3) is 6.08 Å². The lowest BCUT2D eigenvalue weighted by Gasteiger charge is -2.12. The Labute approximate surface area is 214 Å². The second kappa shape index (κ2) is 11.6. The zero-order chi connectivity index (χ0) is 25.5. The van der Waals surface area contributed by atoms with E-state index in [9.17, 15) is 14.9 Å². The molecule has 3 aromatic rings. The number of benzene rings is 3. The van der Waals surface area contributed by atoms with Gasteiger partial charge < -0.3 is 15.4 Å². The zero-order valence-corrected chi connectivity index (χ0v) is 20.9. The minimum atomic E-state index is -0.570. The van der Waals surface area contributed by atoms with Crippen molar-refractivity contribution in [3.63, 3.8) is 0 Å². The topological polar surface area (TPSA) is 91.2 Å². The molecule has 0 aliphatic heterocycles. The number of halogens is 2. The van der Waals surface area contributed by atoms with Crippen molar-refractivity contribution in [3.8, 4) is 11.8 Å². The summed E-state index contributed by atoms with van der Waals surface area (Å²) in [7, 11) is 0. The molecule has 0 saturated carbocycles. The Morgan fingerprint density at radius 2 is 1.74 bits per heavy atom. The summed E-state index contributed by atoms with van der Waals surface area (Å²) in [6.45, 7) is 5.39. The van der Waals surface area contributed by atoms with E-state index in [1.165, 1.54) is 6.08 Å². The van der Waals surface area contributed by atoms with Gasteiger partial charge in [0.1, 0.15) is 17.4 Å². The van der Waals surface area contributed by atoms with Crippen LogP contribution in [0, 0.1) is 32.1 Å². The quantitative estimate of drug-likeness (QED) is 0.282. The third-order valence-corrected chi connectivity index (χ3v) is 5.72. The Morgan fingerprint density at radius 1 is 0.971 bits per heavy atom. The van der Waals surface area contributed by atoms with E-state index in [1.54, 1.807) is 42.5 Å². The number of nitriles is 1. The van der Waals surface area contributed by atoms with Gasteiger partial charge >= 0.3 is 0 Å². The predicted octanol–water partition coefficient (Wildman–Crippen LogP) is 6.48. The maximum atomic E-state index is 12.8. The zero-order valence-electron chi connectivity index (χ0n) is 19.4. The van der Waals surface area contributed by atoms with Gasteiger partial charge in [-0.05, 0) is 74.4 Å². The normalized spacial score (nSPS) is 10.9. The predicted molar refractivity (Wildman–Crippen MR) is 140 cm³/mol. The number of carbonyl (C=O) groups excluding carboxylic acids is 2. The van der Waals surface area contributed by atoms with Crippen molar-refractivity contribution < 1.29 is 14.3 Å². The molecule has 3 rings (SSSR count). The first-order valence-corrected chi connectivity index (χ1v) is 11.4. The number of ether oxygens (including phenoxy) is 1. The van der Waals surface area contributed by atoms with Crippen LogP contribution < -0.4 is 15.4 Å². The number of hydrogen-bond acceptors (Lipinski definition) is 4. The van der Waals surface area contributed by atoms with E-state index in [1.807, 2.05) is 39.0 Å². The molecule has 0 unspecified atom stereocenters. The molecule has 0 aliphatic rings. The second-order valence-electron chi connectivity index (χ2n) is 7.93. The average Bonchev–Trinajstić information content (AvgIpc) is 2.81. The summed E-state index contributed by atoms with van der Waals surface area (Å²) < 4.78 is 5.67. The summed E-state index contributed by atoms with van der Waals surface area (Å²) in [5, 5.41) is 16.0. The van der Waals surface area contributed by atoms with Crippen molar-refractivity contribution in [2.75, 3.05) is 17.2 Å². The SMILES string of the molecule is Cc1ccc(NC(=O)/C(C#N)=C/c2cc(Cl)ccc2OCC(=O)Nc2ccc(C)c(Cl)c2)c(C)c1. The number of rotatable bonds is 7. The molecule has 8 heteroatoms. The molecule has 35 heavy (non-hydrogen) atoms. The fourth-order valence-corrected chi connectivity index (χ4v) is 3.58. The molecule has 2 N–H and O–H groups in total. The van der Waals surface area contributed by atoms with Crippen molar-refractivity contribution in [2.45, 2.75) is 20.8 Å². The van der Waals surface area contributed by atoms with Crippen LogP contribution in [0.3, 0.4) is 0 Å². The first-order chi connectivity index (χ1) is 16.7. The third-order valence-electron chi connectivity index (χ3n) is 5.08. The average molecular weight is 508 g/mol. The summed E-state index contributed by atoms with van der Waals surface area (Å²) in [4.78, 5) is 25.1. The smallest absolute Gasteiger partial charge is 0.266 e. The summed E-state index contributed by atoms with van der Waals surface area (Å²) in [6.07, 6.45) is 1.37. The number of anilines is 2. The molecule has 0 aromatic heterocycles. The third kappa shape index (κ3) is 7.10. The van der Waals surface area contributed by atoms with E-state index in [4.69, 9.17) is 27.9 Å². The van der Waals surface area contributed by atoms with E-state index >= 15 is 0 Å². The summed E-state index contributed by atoms with van der Waals surface area (Å²) in [5.74, 6) is -0.680. The van der Waals surface area contributed by atoms with E-state index in [-0.39, 0.29) is 12.2 Å². The Hall–Kier alpha value is -3.79. The number of carbonyl (C=O) groups is 2. The Balaban J connectivity index is 1.75. The van der Waals surface area contributed by atoms with Gasteiger partial charge in [0, 0.05) is 27.0 Å². The van der Waals surface area contributed by atoms with E-state index in [0.717, 1.165) is 16.7 Å². The van der Waals surface area contributed by atoms with Gasteiger partial charge in [-0.2, -0.15) is 5.26 Å². The minimum Gasteiger partial charge on any atom is -0.483 e. The van der Waals surface area contributed by atoms with Crippen molar-refractivity contribution in [3.05, 3.63) is 92.5 Å². The van der Waals surface area contributed by atoms with Crippen molar-refractivity contribution in [1.29, 1.82) is 5.26 Å². The van der Waals surface area contributed by atoms with E-state index < -0.39 is 11.8 Å². The molecule has 2 amide bonds. The van der Waals surface area contributed by atoms with Crippen LogP contribution in [0.15, 0.2) is 60.2 Å². The summed E-state index contributed by atoms with van der Waals surface area (Å²) in [6, 6.07) is 17.4. The monoisotopic (exact) mass is 507 g/mol. The number of aryl methyl sites for hydroxylation is 3. The van der Waals surface area contributed by atoms with Gasteiger partial charge in [-0.1, -0.05) is 47.0 Å². The largest absolute Gasteiger partial charge is 0.483 e. The van der Waals surface area contributed by atoms with Crippen LogP contribution in [0.5, 0.6) is 5.75 Å². The second-order valence-corrected chi connectivity index (χ2v) is 8.77. The highest BCUT2D eigenvalue weighted by molar-refractivity contribution is 6.31. The molecule has 0 bridgehead atoms. The Morgan fingerprint density at radius 3 is 2.43 bits per heavy atom. The molecular formula is C27H23Cl2N3O3. The van der Waals surface area contributed by atoms with Gasteiger partial charge in [0.05, 0.1) is 0 Å². The lowest BCUT2D eigenvalue weighted by molar-refractivity contribution is -0.118. The standard InChI is InChI=1S/C27H23Cl2N3O3/c1-16-4-8-24(18(3)10-16)32-27(34)20(14-30)11-19-12-21(28)6-9-25(19)35-15-26(33)31-22-7-5-17(2)23(29)13-22/h4-13H,15H2,1-3H3,(H,31,33)(H,32,34)/b20-11+. The molecule has 0 fully saturated rings. The number of nitrogens with one attached hydrogen (secondary N) is 2. The van der Waals surface area contributed by atoms with Crippen LogP contribution in [-0.4, -0.2) is 18.4 Å². The fraction of sp³-hybridized carbons (Fsp3) is 0.148. The fourth-order valence-electron chi connectivity index (χ4n) is 3.22. The maximum absolute atomic E-state index is 12.8. The molecule has 178 valence electrons. The molecule has 0 radical (unpaired) electrons. The van der Waals surface area contributed by atoms with Gasteiger partial charge in [-0.15, -0.1) is 0 Å². The van der Waals surface area contributed by atoms with Crippen LogP contribution in [0.2, 0.25) is 10.0 Å². The molecule has 6 nitrogen and oxygen atoms in total. The maximum Gasteiger partial charge on any atom is 0.266 e. The lowest BCUT2D eigenvalue weighted by Crippen LogP contribution is -2.20. The van der Waals surface area contributed by atoms with Gasteiger partial charge in [0.2, 0.25) is 0 Å². The van der Waals surface area contributed by atoms with Gasteiger partial charge in [0.25, 0.3) is 11.8 Å². The van der Waals surface area contributed by atoms with Crippen molar-refractivity contribution in [2.24, 2.45) is 0 Å². The van der Waals surface area contributed by atoms with Crippen LogP contribution >= 0.6 is 23.2 Å².